The van der Waals surface area contributed by atoms with E-state index in [4.69, 9.17) is 0 Å². The topological polar surface area (TPSA) is 39.2 Å². The second-order valence-corrected chi connectivity index (χ2v) is 5.91. The quantitative estimate of drug-likeness (QED) is 0.277. The van der Waals surface area contributed by atoms with E-state index in [9.17, 15) is 26.7 Å². The third-order valence-electron chi connectivity index (χ3n) is 3.52. The van der Waals surface area contributed by atoms with E-state index >= 15 is 0 Å². The fourth-order valence-corrected chi connectivity index (χ4v) is 3.03. The highest BCUT2D eigenvalue weighted by Crippen LogP contribution is 2.34. The Bertz CT molecular complexity index is 972. The Kier molecular flexibility index (Phi) is 4.73. The van der Waals surface area contributed by atoms with E-state index < -0.39 is 40.6 Å². The minimum atomic E-state index is -2.22. The highest BCUT2D eigenvalue weighted by molar-refractivity contribution is 7.13. The molecule has 9 heteroatoms. The molecular weight excluding hydrogens is 377 g/mol. The molecule has 0 aliphatic carbocycles. The third-order valence-corrected chi connectivity index (χ3v) is 4.41. The van der Waals surface area contributed by atoms with Gasteiger partial charge >= 0.3 is 5.97 Å². The average Bonchev–Trinajstić information content (AvgIpc) is 3.14. The lowest BCUT2D eigenvalue weighted by molar-refractivity contribution is 0.0600. The highest BCUT2D eigenvalue weighted by Gasteiger charge is 2.28. The molecular formula is C17H8F5NO2S. The van der Waals surface area contributed by atoms with Crippen LogP contribution in [0, 0.1) is 29.1 Å². The Morgan fingerprint density at radius 3 is 2.00 bits per heavy atom. The van der Waals surface area contributed by atoms with Gasteiger partial charge < -0.3 is 4.74 Å². The van der Waals surface area contributed by atoms with Crippen LogP contribution in [0.3, 0.4) is 0 Å². The van der Waals surface area contributed by atoms with Crippen LogP contribution < -0.4 is 0 Å². The Hall–Kier alpha value is -2.81. The van der Waals surface area contributed by atoms with Gasteiger partial charge in [0.25, 0.3) is 0 Å². The number of nitrogens with zero attached hydrogens (tertiary/aromatic N) is 1. The number of halogens is 5. The summed E-state index contributed by atoms with van der Waals surface area (Å²) in [5, 5.41) is 1.46. The van der Waals surface area contributed by atoms with Gasteiger partial charge in [0.05, 0.1) is 23.9 Å². The maximum absolute atomic E-state index is 13.9. The predicted octanol–water partition coefficient (Wildman–Crippen LogP) is 4.96. The van der Waals surface area contributed by atoms with Crippen molar-refractivity contribution < 1.29 is 31.5 Å². The Morgan fingerprint density at radius 2 is 1.46 bits per heavy atom. The minimum absolute atomic E-state index is 0.278. The molecule has 0 radical (unpaired) electrons. The second kappa shape index (κ2) is 6.83. The minimum Gasteiger partial charge on any atom is -0.465 e. The lowest BCUT2D eigenvalue weighted by atomic mass is 10.1. The number of esters is 1. The van der Waals surface area contributed by atoms with Gasteiger partial charge in [0.2, 0.25) is 5.82 Å². The summed E-state index contributed by atoms with van der Waals surface area (Å²) in [5.41, 5.74) is -0.685. The number of aromatic nitrogens is 1. The zero-order valence-electron chi connectivity index (χ0n) is 12.9. The predicted molar refractivity (Wildman–Crippen MR) is 84.1 cm³/mol. The standard InChI is InChI=1S/C17H8F5NO2S/c1-25-17(24)8-4-2-7(3-5-8)16-23-9(6-26-16)10-11(18)13(20)15(22)14(21)12(10)19/h2-6H,1H3. The van der Waals surface area contributed by atoms with Crippen LogP contribution in [-0.4, -0.2) is 18.1 Å². The molecule has 1 heterocycles. The molecule has 3 nitrogen and oxygen atoms in total. The van der Waals surface area contributed by atoms with E-state index in [0.29, 0.717) is 5.56 Å². The van der Waals surface area contributed by atoms with E-state index in [1.165, 1.54) is 36.8 Å². The van der Waals surface area contributed by atoms with Crippen LogP contribution in [0.4, 0.5) is 22.0 Å². The molecule has 134 valence electrons. The van der Waals surface area contributed by atoms with Crippen LogP contribution in [0.2, 0.25) is 0 Å². The van der Waals surface area contributed by atoms with Crippen LogP contribution in [-0.2, 0) is 4.74 Å². The molecule has 3 rings (SSSR count). The monoisotopic (exact) mass is 385 g/mol. The molecule has 2 aromatic carbocycles. The molecule has 0 unspecified atom stereocenters. The van der Waals surface area contributed by atoms with E-state index in [0.717, 1.165) is 11.3 Å². The number of thiazole rings is 1. The van der Waals surface area contributed by atoms with Crippen LogP contribution in [0.1, 0.15) is 10.4 Å². The molecule has 1 aromatic heterocycles. The number of rotatable bonds is 3. The summed E-state index contributed by atoms with van der Waals surface area (Å²) in [5.74, 6) is -10.7. The van der Waals surface area contributed by atoms with Gasteiger partial charge in [-0.3, -0.25) is 0 Å². The van der Waals surface area contributed by atoms with Gasteiger partial charge in [0.1, 0.15) is 5.01 Å². The van der Waals surface area contributed by atoms with Crippen LogP contribution in [0.15, 0.2) is 29.6 Å². The van der Waals surface area contributed by atoms with Crippen molar-refractivity contribution in [2.45, 2.75) is 0 Å². The first-order valence-electron chi connectivity index (χ1n) is 7.01. The molecule has 0 spiro atoms. The number of hydrogen-bond donors (Lipinski definition) is 0. The van der Waals surface area contributed by atoms with Gasteiger partial charge in [0, 0.05) is 10.9 Å². The van der Waals surface area contributed by atoms with Crippen molar-refractivity contribution in [1.82, 2.24) is 4.98 Å². The van der Waals surface area contributed by atoms with Crippen LogP contribution in [0.5, 0.6) is 0 Å². The number of hydrogen-bond acceptors (Lipinski definition) is 4. The van der Waals surface area contributed by atoms with Crippen molar-refractivity contribution >= 4 is 17.3 Å². The van der Waals surface area contributed by atoms with Crippen molar-refractivity contribution in [2.24, 2.45) is 0 Å². The average molecular weight is 385 g/mol. The van der Waals surface area contributed by atoms with E-state index in [1.807, 2.05) is 0 Å². The van der Waals surface area contributed by atoms with Crippen molar-refractivity contribution in [2.75, 3.05) is 7.11 Å². The molecule has 0 fully saturated rings. The summed E-state index contributed by atoms with van der Waals surface area (Å²) >= 11 is 0.952. The summed E-state index contributed by atoms with van der Waals surface area (Å²) in [7, 11) is 1.23. The van der Waals surface area contributed by atoms with E-state index in [-0.39, 0.29) is 16.3 Å². The Labute approximate surface area is 147 Å². The van der Waals surface area contributed by atoms with Gasteiger partial charge in [-0.1, -0.05) is 12.1 Å². The Morgan fingerprint density at radius 1 is 0.923 bits per heavy atom. The molecule has 0 aliphatic rings. The zero-order chi connectivity index (χ0) is 19.0. The summed E-state index contributed by atoms with van der Waals surface area (Å²) in [6.07, 6.45) is 0. The fraction of sp³-hybridized carbons (Fsp3) is 0.0588. The maximum Gasteiger partial charge on any atom is 0.337 e. The van der Waals surface area contributed by atoms with Gasteiger partial charge in [-0.05, 0) is 12.1 Å². The number of methoxy groups -OCH3 is 1. The second-order valence-electron chi connectivity index (χ2n) is 5.05. The van der Waals surface area contributed by atoms with Crippen molar-refractivity contribution in [1.29, 1.82) is 0 Å². The molecule has 0 bridgehead atoms. The molecule has 0 N–H and O–H groups in total. The number of ether oxygens (including phenoxy) is 1. The van der Waals surface area contributed by atoms with Gasteiger partial charge in [-0.15, -0.1) is 11.3 Å². The molecule has 0 aliphatic heterocycles. The van der Waals surface area contributed by atoms with Gasteiger partial charge in [-0.2, -0.15) is 0 Å². The first-order valence-corrected chi connectivity index (χ1v) is 7.89. The third kappa shape index (κ3) is 2.94. The van der Waals surface area contributed by atoms with E-state index in [1.54, 1.807) is 0 Å². The lowest BCUT2D eigenvalue weighted by Crippen LogP contribution is -2.04. The first-order chi connectivity index (χ1) is 12.3. The van der Waals surface area contributed by atoms with Gasteiger partial charge in [0.15, 0.2) is 23.3 Å². The molecule has 0 saturated heterocycles. The zero-order valence-corrected chi connectivity index (χ0v) is 13.8. The van der Waals surface area contributed by atoms with Crippen LogP contribution >= 0.6 is 11.3 Å². The van der Waals surface area contributed by atoms with Crippen molar-refractivity contribution in [3.63, 3.8) is 0 Å². The smallest absolute Gasteiger partial charge is 0.337 e. The van der Waals surface area contributed by atoms with Crippen molar-refractivity contribution in [3.05, 3.63) is 64.3 Å². The number of carbonyl (C=O) groups is 1. The SMILES string of the molecule is COC(=O)c1ccc(-c2nc(-c3c(F)c(F)c(F)c(F)c3F)cs2)cc1. The number of benzene rings is 2. The van der Waals surface area contributed by atoms with Gasteiger partial charge in [-0.25, -0.2) is 31.7 Å². The van der Waals surface area contributed by atoms with Crippen molar-refractivity contribution in [3.8, 4) is 21.8 Å². The maximum atomic E-state index is 13.9. The fourth-order valence-electron chi connectivity index (χ4n) is 2.22. The molecule has 0 atom stereocenters. The summed E-state index contributed by atoms with van der Waals surface area (Å²) < 4.78 is 72.1. The first kappa shape index (κ1) is 18.0. The highest BCUT2D eigenvalue weighted by atomic mass is 32.1. The van der Waals surface area contributed by atoms with E-state index in [2.05, 4.69) is 9.72 Å². The lowest BCUT2D eigenvalue weighted by Gasteiger charge is -2.05. The Balaban J connectivity index is 2.03. The molecule has 0 amide bonds. The molecule has 26 heavy (non-hydrogen) atoms. The molecule has 0 saturated carbocycles. The molecule has 3 aromatic rings. The number of carbonyl (C=O) groups excluding carboxylic acids is 1. The normalized spacial score (nSPS) is 10.8. The summed E-state index contributed by atoms with van der Waals surface area (Å²) in [4.78, 5) is 15.3. The largest absolute Gasteiger partial charge is 0.465 e. The summed E-state index contributed by atoms with van der Waals surface area (Å²) in [6.45, 7) is 0. The summed E-state index contributed by atoms with van der Waals surface area (Å²) in [6, 6.07) is 5.96. The van der Waals surface area contributed by atoms with Crippen LogP contribution in [0.25, 0.3) is 21.8 Å².